The van der Waals surface area contributed by atoms with Crippen molar-refractivity contribution in [3.8, 4) is 22.6 Å². The minimum Gasteiger partial charge on any atom is -0.339 e. The minimum absolute atomic E-state index is 0.222. The monoisotopic (exact) mass is 525 g/mol. The van der Waals surface area contributed by atoms with Crippen molar-refractivity contribution >= 4 is 17.1 Å². The maximum Gasteiger partial charge on any atom is 0.435 e. The molecular formula is C25H19F4N7O2. The highest BCUT2D eigenvalue weighted by Crippen LogP contribution is 2.43. The molecule has 0 saturated heterocycles. The molecule has 1 aliphatic rings. The number of nitrogens with one attached hydrogen (secondary N) is 1. The number of alkyl halides is 4. The number of benzene rings is 1. The number of pyridine rings is 1. The summed E-state index contributed by atoms with van der Waals surface area (Å²) >= 11 is 0. The van der Waals surface area contributed by atoms with Gasteiger partial charge in [0, 0.05) is 30.1 Å². The van der Waals surface area contributed by atoms with Crippen LogP contribution in [0.15, 0.2) is 53.3 Å². The quantitative estimate of drug-likeness (QED) is 0.317. The summed E-state index contributed by atoms with van der Waals surface area (Å²) in [5, 5.41) is 14.5. The molecule has 194 valence electrons. The number of fused-ring (bicyclic) bond motifs is 1. The molecule has 2 atom stereocenters. The molecule has 0 spiro atoms. The first-order valence-corrected chi connectivity index (χ1v) is 11.6. The third-order valence-electron chi connectivity index (χ3n) is 6.45. The van der Waals surface area contributed by atoms with Crippen molar-refractivity contribution in [2.75, 3.05) is 5.32 Å². The molecule has 0 aliphatic heterocycles. The average molecular weight is 525 g/mol. The second kappa shape index (κ2) is 8.50. The molecule has 0 unspecified atom stereocenters. The van der Waals surface area contributed by atoms with E-state index < -0.39 is 23.9 Å². The molecule has 1 fully saturated rings. The van der Waals surface area contributed by atoms with E-state index in [1.807, 2.05) is 6.92 Å². The fraction of sp³-hybridized carbons (Fsp3) is 0.240. The first-order chi connectivity index (χ1) is 18.1. The number of carbonyl (C=O) groups excluding carboxylic acids is 1. The molecule has 1 aliphatic carbocycles. The van der Waals surface area contributed by atoms with Crippen LogP contribution < -0.4 is 5.32 Å². The Bertz CT molecular complexity index is 1700. The second-order valence-corrected chi connectivity index (χ2v) is 9.14. The Balaban J connectivity index is 1.29. The standard InChI is InChI=1S/C25H19F4N7O2/c1-12-3-4-14(22-32-24(38-34-22)15-9-17(15)26)7-18(12)31-23(37)16-11-30-36-6-5-13(8-20(16)36)19-10-21(25(27,28)29)33-35(19)2/h3-8,10-11,15,17H,9H2,1-2H3,(H,31,37)/t15-,17-/m0/s1. The molecule has 1 amide bonds. The van der Waals surface area contributed by atoms with Crippen molar-refractivity contribution in [1.29, 1.82) is 0 Å². The number of hydrogen-bond donors (Lipinski definition) is 1. The summed E-state index contributed by atoms with van der Waals surface area (Å²) in [5.41, 5.74) is 2.13. The smallest absolute Gasteiger partial charge is 0.339 e. The Morgan fingerprint density at radius 3 is 2.66 bits per heavy atom. The molecule has 6 rings (SSSR count). The van der Waals surface area contributed by atoms with E-state index in [2.05, 4.69) is 25.7 Å². The van der Waals surface area contributed by atoms with Gasteiger partial charge in [-0.05, 0) is 43.2 Å². The van der Waals surface area contributed by atoms with Crippen molar-refractivity contribution < 1.29 is 26.9 Å². The Labute approximate surface area is 212 Å². The van der Waals surface area contributed by atoms with Gasteiger partial charge in [0.25, 0.3) is 5.91 Å². The molecular weight excluding hydrogens is 506 g/mol. The van der Waals surface area contributed by atoms with Crippen LogP contribution in [0.5, 0.6) is 0 Å². The first kappa shape index (κ1) is 23.8. The van der Waals surface area contributed by atoms with Gasteiger partial charge in [-0.2, -0.15) is 28.4 Å². The number of aryl methyl sites for hydroxylation is 2. The topological polar surface area (TPSA) is 103 Å². The van der Waals surface area contributed by atoms with E-state index in [1.165, 1.54) is 17.8 Å². The van der Waals surface area contributed by atoms with Gasteiger partial charge < -0.3 is 9.84 Å². The van der Waals surface area contributed by atoms with Crippen LogP contribution in [0.3, 0.4) is 0 Å². The van der Waals surface area contributed by atoms with E-state index in [1.54, 1.807) is 36.5 Å². The molecule has 4 aromatic heterocycles. The molecule has 1 N–H and O–H groups in total. The number of rotatable bonds is 5. The van der Waals surface area contributed by atoms with Crippen molar-refractivity contribution in [3.63, 3.8) is 0 Å². The summed E-state index contributed by atoms with van der Waals surface area (Å²) in [6.45, 7) is 1.81. The molecule has 0 radical (unpaired) electrons. The Hall–Kier alpha value is -4.55. The molecule has 0 bridgehead atoms. The summed E-state index contributed by atoms with van der Waals surface area (Å²) in [5.74, 6) is -0.306. The van der Waals surface area contributed by atoms with Crippen LogP contribution in [-0.4, -0.2) is 41.6 Å². The predicted molar refractivity (Wildman–Crippen MR) is 127 cm³/mol. The maximum atomic E-state index is 13.3. The maximum absolute atomic E-state index is 13.3. The van der Waals surface area contributed by atoms with Crippen LogP contribution in [0.1, 0.15) is 39.8 Å². The highest BCUT2D eigenvalue weighted by Gasteiger charge is 2.43. The highest BCUT2D eigenvalue weighted by molar-refractivity contribution is 6.09. The Morgan fingerprint density at radius 1 is 1.16 bits per heavy atom. The molecule has 38 heavy (non-hydrogen) atoms. The number of amides is 1. The van der Waals surface area contributed by atoms with Crippen LogP contribution >= 0.6 is 0 Å². The zero-order valence-corrected chi connectivity index (χ0v) is 20.0. The van der Waals surface area contributed by atoms with Crippen LogP contribution in [0.4, 0.5) is 23.2 Å². The van der Waals surface area contributed by atoms with Crippen molar-refractivity contribution in [2.24, 2.45) is 7.05 Å². The highest BCUT2D eigenvalue weighted by atomic mass is 19.4. The minimum atomic E-state index is -4.58. The van der Waals surface area contributed by atoms with E-state index in [0.29, 0.717) is 28.8 Å². The van der Waals surface area contributed by atoms with Crippen molar-refractivity contribution in [1.82, 2.24) is 29.5 Å². The number of anilines is 1. The third-order valence-corrected chi connectivity index (χ3v) is 6.45. The van der Waals surface area contributed by atoms with Gasteiger partial charge >= 0.3 is 6.18 Å². The summed E-state index contributed by atoms with van der Waals surface area (Å²) in [6.07, 6.45) is -2.24. The lowest BCUT2D eigenvalue weighted by molar-refractivity contribution is -0.141. The van der Waals surface area contributed by atoms with Crippen molar-refractivity contribution in [3.05, 3.63) is 71.5 Å². The number of halogens is 4. The first-order valence-electron chi connectivity index (χ1n) is 11.6. The van der Waals surface area contributed by atoms with Gasteiger partial charge in [0.1, 0.15) is 6.17 Å². The fourth-order valence-corrected chi connectivity index (χ4v) is 4.20. The second-order valence-electron chi connectivity index (χ2n) is 9.14. The van der Waals surface area contributed by atoms with Gasteiger partial charge in [0.2, 0.25) is 11.7 Å². The number of nitrogens with zero attached hydrogens (tertiary/aromatic N) is 6. The van der Waals surface area contributed by atoms with E-state index >= 15 is 0 Å². The summed E-state index contributed by atoms with van der Waals surface area (Å²) in [6, 6.07) is 9.37. The lowest BCUT2D eigenvalue weighted by Gasteiger charge is -2.09. The molecule has 1 aromatic carbocycles. The zero-order valence-electron chi connectivity index (χ0n) is 20.0. The van der Waals surface area contributed by atoms with E-state index in [-0.39, 0.29) is 28.9 Å². The Kier molecular flexibility index (Phi) is 5.33. The molecule has 5 aromatic rings. The van der Waals surface area contributed by atoms with E-state index in [9.17, 15) is 22.4 Å². The van der Waals surface area contributed by atoms with Gasteiger partial charge in [0.15, 0.2) is 5.69 Å². The number of carbonyl (C=O) groups is 1. The van der Waals surface area contributed by atoms with Gasteiger partial charge in [-0.15, -0.1) is 0 Å². The predicted octanol–water partition coefficient (Wildman–Crippen LogP) is 5.19. The van der Waals surface area contributed by atoms with Gasteiger partial charge in [-0.1, -0.05) is 17.3 Å². The Morgan fingerprint density at radius 2 is 1.95 bits per heavy atom. The third kappa shape index (κ3) is 4.19. The molecule has 1 saturated carbocycles. The number of aromatic nitrogens is 6. The molecule has 4 heterocycles. The normalized spacial score (nSPS) is 17.2. The summed E-state index contributed by atoms with van der Waals surface area (Å²) in [4.78, 5) is 17.5. The largest absolute Gasteiger partial charge is 0.435 e. The van der Waals surface area contributed by atoms with E-state index in [0.717, 1.165) is 16.3 Å². The van der Waals surface area contributed by atoms with Gasteiger partial charge in [-0.25, -0.2) is 8.91 Å². The van der Waals surface area contributed by atoms with Crippen LogP contribution in [0, 0.1) is 6.92 Å². The molecule has 13 heteroatoms. The van der Waals surface area contributed by atoms with Crippen LogP contribution in [-0.2, 0) is 13.2 Å². The lowest BCUT2D eigenvalue weighted by atomic mass is 10.1. The average Bonchev–Trinajstić information content (AvgIpc) is 3.27. The number of hydrogen-bond acceptors (Lipinski definition) is 6. The summed E-state index contributed by atoms with van der Waals surface area (Å²) in [7, 11) is 1.42. The van der Waals surface area contributed by atoms with Gasteiger partial charge in [-0.3, -0.25) is 9.48 Å². The lowest BCUT2D eigenvalue weighted by Crippen LogP contribution is -2.12. The van der Waals surface area contributed by atoms with Crippen molar-refractivity contribution in [2.45, 2.75) is 31.6 Å². The van der Waals surface area contributed by atoms with Crippen LogP contribution in [0.2, 0.25) is 0 Å². The van der Waals surface area contributed by atoms with E-state index in [4.69, 9.17) is 4.52 Å². The fourth-order valence-electron chi connectivity index (χ4n) is 4.20. The molecule has 9 nitrogen and oxygen atoms in total. The SMILES string of the molecule is Cc1ccc(-c2noc([C@H]3C[C@@H]3F)n2)cc1NC(=O)c1cnn2ccc(-c3cc(C(F)(F)F)nn3C)cc12. The zero-order chi connectivity index (χ0) is 26.8. The summed E-state index contributed by atoms with van der Waals surface area (Å²) < 4.78 is 60.5. The van der Waals surface area contributed by atoms with Crippen LogP contribution in [0.25, 0.3) is 28.2 Å². The van der Waals surface area contributed by atoms with Gasteiger partial charge in [0.05, 0.1) is 28.9 Å².